The molecule has 0 aliphatic rings. The number of carbonyl (C=O) groups excluding carboxylic acids is 1. The van der Waals surface area contributed by atoms with E-state index in [1.807, 2.05) is 18.2 Å². The average molecular weight is 287 g/mol. The van der Waals surface area contributed by atoms with Crippen molar-refractivity contribution in [3.8, 4) is 0 Å². The number of H-pyrrole nitrogens is 1. The highest BCUT2D eigenvalue weighted by molar-refractivity contribution is 5.96. The van der Waals surface area contributed by atoms with Crippen LogP contribution in [0.25, 0.3) is 0 Å². The molecule has 0 saturated carbocycles. The molecule has 0 saturated heterocycles. The third-order valence-corrected chi connectivity index (χ3v) is 3.24. The second-order valence-corrected chi connectivity index (χ2v) is 4.84. The lowest BCUT2D eigenvalue weighted by Gasteiger charge is -2.17. The van der Waals surface area contributed by atoms with Gasteiger partial charge in [-0.05, 0) is 19.4 Å². The van der Waals surface area contributed by atoms with Crippen LogP contribution in [-0.2, 0) is 4.79 Å². The van der Waals surface area contributed by atoms with E-state index in [0.717, 1.165) is 5.56 Å². The fourth-order valence-corrected chi connectivity index (χ4v) is 2.23. The van der Waals surface area contributed by atoms with Gasteiger partial charge in [0.15, 0.2) is 0 Å². The molecule has 0 radical (unpaired) electrons. The summed E-state index contributed by atoms with van der Waals surface area (Å²) < 4.78 is 0. The number of aliphatic carboxylic acids is 1. The van der Waals surface area contributed by atoms with Crippen molar-refractivity contribution in [1.82, 2.24) is 15.5 Å². The summed E-state index contributed by atoms with van der Waals surface area (Å²) in [6.07, 6.45) is -0.175. The van der Waals surface area contributed by atoms with Crippen molar-refractivity contribution in [2.75, 3.05) is 0 Å². The molecule has 0 spiro atoms. The van der Waals surface area contributed by atoms with Crippen LogP contribution in [0.3, 0.4) is 0 Å². The summed E-state index contributed by atoms with van der Waals surface area (Å²) in [6.45, 7) is 3.48. The second kappa shape index (κ2) is 6.21. The summed E-state index contributed by atoms with van der Waals surface area (Å²) in [6, 6.07) is 8.47. The number of benzene rings is 1. The minimum Gasteiger partial charge on any atom is -0.481 e. The quantitative estimate of drug-likeness (QED) is 0.783. The molecule has 3 N–H and O–H groups in total. The monoisotopic (exact) mass is 287 g/mol. The van der Waals surface area contributed by atoms with E-state index in [4.69, 9.17) is 5.11 Å². The topological polar surface area (TPSA) is 95.1 Å². The van der Waals surface area contributed by atoms with E-state index in [0.29, 0.717) is 17.0 Å². The number of amides is 1. The van der Waals surface area contributed by atoms with E-state index in [9.17, 15) is 9.59 Å². The predicted octanol–water partition coefficient (Wildman–Crippen LogP) is 1.97. The average Bonchev–Trinajstić information content (AvgIpc) is 2.78. The Bertz CT molecular complexity index is 630. The van der Waals surface area contributed by atoms with Gasteiger partial charge in [0.1, 0.15) is 0 Å². The summed E-state index contributed by atoms with van der Waals surface area (Å²) in [5.41, 5.74) is 2.47. The number of hydrogen-bond donors (Lipinski definition) is 3. The Labute approximate surface area is 122 Å². The standard InChI is InChI=1S/C15H17N3O3/c1-9-14(10(2)18-17-9)15(21)16-12(8-13(19)20)11-6-4-3-5-7-11/h3-7,12H,8H2,1-2H3,(H,16,21)(H,17,18)(H,19,20). The molecule has 2 aromatic rings. The molecule has 1 aromatic heterocycles. The first-order valence-electron chi connectivity index (χ1n) is 6.58. The van der Waals surface area contributed by atoms with Crippen LogP contribution in [0, 0.1) is 13.8 Å². The zero-order chi connectivity index (χ0) is 15.4. The molecule has 6 nitrogen and oxygen atoms in total. The molecule has 0 bridgehead atoms. The summed E-state index contributed by atoms with van der Waals surface area (Å²) in [5.74, 6) is -1.29. The lowest BCUT2D eigenvalue weighted by Crippen LogP contribution is -2.30. The molecule has 110 valence electrons. The van der Waals surface area contributed by atoms with Gasteiger partial charge in [-0.1, -0.05) is 30.3 Å². The van der Waals surface area contributed by atoms with Gasteiger partial charge in [-0.15, -0.1) is 0 Å². The maximum absolute atomic E-state index is 12.3. The van der Waals surface area contributed by atoms with Crippen LogP contribution in [0.5, 0.6) is 0 Å². The Balaban J connectivity index is 2.23. The number of aromatic amines is 1. The highest BCUT2D eigenvalue weighted by Gasteiger charge is 2.22. The van der Waals surface area contributed by atoms with Gasteiger partial charge in [0.25, 0.3) is 5.91 Å². The number of carbonyl (C=O) groups is 2. The number of carboxylic acids is 1. The van der Waals surface area contributed by atoms with Gasteiger partial charge in [-0.25, -0.2) is 0 Å². The highest BCUT2D eigenvalue weighted by Crippen LogP contribution is 2.18. The van der Waals surface area contributed by atoms with Crippen molar-refractivity contribution in [3.05, 3.63) is 52.8 Å². The van der Waals surface area contributed by atoms with Gasteiger partial charge in [-0.2, -0.15) is 5.10 Å². The lowest BCUT2D eigenvalue weighted by molar-refractivity contribution is -0.137. The summed E-state index contributed by atoms with van der Waals surface area (Å²) in [4.78, 5) is 23.4. The predicted molar refractivity (Wildman–Crippen MR) is 77.0 cm³/mol. The molecule has 1 amide bonds. The van der Waals surface area contributed by atoms with Gasteiger partial charge in [0.2, 0.25) is 0 Å². The number of aryl methyl sites for hydroxylation is 2. The number of aromatic nitrogens is 2. The number of nitrogens with zero attached hydrogens (tertiary/aromatic N) is 1. The maximum atomic E-state index is 12.3. The minimum absolute atomic E-state index is 0.175. The van der Waals surface area contributed by atoms with Gasteiger partial charge in [-0.3, -0.25) is 14.7 Å². The first-order chi connectivity index (χ1) is 9.99. The fourth-order valence-electron chi connectivity index (χ4n) is 2.23. The molecule has 0 fully saturated rings. The van der Waals surface area contributed by atoms with Crippen LogP contribution < -0.4 is 5.32 Å². The lowest BCUT2D eigenvalue weighted by atomic mass is 10.0. The first kappa shape index (κ1) is 14.8. The van der Waals surface area contributed by atoms with Crippen LogP contribution >= 0.6 is 0 Å². The smallest absolute Gasteiger partial charge is 0.305 e. The summed E-state index contributed by atoms with van der Waals surface area (Å²) in [5, 5.41) is 18.5. The molecule has 1 atom stereocenters. The number of hydrogen-bond acceptors (Lipinski definition) is 3. The SMILES string of the molecule is Cc1n[nH]c(C)c1C(=O)NC(CC(=O)O)c1ccccc1. The van der Waals surface area contributed by atoms with E-state index in [1.54, 1.807) is 26.0 Å². The van der Waals surface area contributed by atoms with Crippen molar-refractivity contribution >= 4 is 11.9 Å². The normalized spacial score (nSPS) is 11.9. The van der Waals surface area contributed by atoms with Crippen molar-refractivity contribution in [1.29, 1.82) is 0 Å². The Morgan fingerprint density at radius 1 is 1.29 bits per heavy atom. The van der Waals surface area contributed by atoms with Crippen molar-refractivity contribution in [2.45, 2.75) is 26.3 Å². The van der Waals surface area contributed by atoms with Crippen molar-refractivity contribution in [2.24, 2.45) is 0 Å². The number of rotatable bonds is 5. The Hall–Kier alpha value is -2.63. The molecule has 0 aliphatic heterocycles. The van der Waals surface area contributed by atoms with Crippen molar-refractivity contribution < 1.29 is 14.7 Å². The first-order valence-corrected chi connectivity index (χ1v) is 6.58. The highest BCUT2D eigenvalue weighted by atomic mass is 16.4. The summed E-state index contributed by atoms with van der Waals surface area (Å²) in [7, 11) is 0. The molecule has 1 aromatic carbocycles. The van der Waals surface area contributed by atoms with Crippen LogP contribution in [0.2, 0.25) is 0 Å². The summed E-state index contributed by atoms with van der Waals surface area (Å²) >= 11 is 0. The van der Waals surface area contributed by atoms with Crippen LogP contribution in [0.1, 0.15) is 39.8 Å². The molecular weight excluding hydrogens is 270 g/mol. The van der Waals surface area contributed by atoms with Crippen LogP contribution in [-0.4, -0.2) is 27.2 Å². The maximum Gasteiger partial charge on any atom is 0.305 e. The zero-order valence-electron chi connectivity index (χ0n) is 11.9. The van der Waals surface area contributed by atoms with Crippen molar-refractivity contribution in [3.63, 3.8) is 0 Å². The number of carboxylic acid groups (broad SMARTS) is 1. The zero-order valence-corrected chi connectivity index (χ0v) is 11.9. The Morgan fingerprint density at radius 2 is 1.95 bits per heavy atom. The van der Waals surface area contributed by atoms with E-state index in [-0.39, 0.29) is 12.3 Å². The fraction of sp³-hybridized carbons (Fsp3) is 0.267. The van der Waals surface area contributed by atoms with E-state index < -0.39 is 12.0 Å². The molecule has 1 heterocycles. The third kappa shape index (κ3) is 3.47. The van der Waals surface area contributed by atoms with Gasteiger partial charge in [0, 0.05) is 5.69 Å². The van der Waals surface area contributed by atoms with Gasteiger partial charge < -0.3 is 10.4 Å². The van der Waals surface area contributed by atoms with Gasteiger partial charge in [0.05, 0.1) is 23.7 Å². The van der Waals surface area contributed by atoms with E-state index in [1.165, 1.54) is 0 Å². The molecule has 2 rings (SSSR count). The Morgan fingerprint density at radius 3 is 2.48 bits per heavy atom. The van der Waals surface area contributed by atoms with Crippen LogP contribution in [0.4, 0.5) is 0 Å². The molecular formula is C15H17N3O3. The molecule has 0 aliphatic carbocycles. The third-order valence-electron chi connectivity index (χ3n) is 3.24. The largest absolute Gasteiger partial charge is 0.481 e. The number of nitrogens with one attached hydrogen (secondary N) is 2. The van der Waals surface area contributed by atoms with Crippen LogP contribution in [0.15, 0.2) is 30.3 Å². The molecule has 1 unspecified atom stereocenters. The Kier molecular flexibility index (Phi) is 4.37. The molecule has 6 heteroatoms. The second-order valence-electron chi connectivity index (χ2n) is 4.84. The van der Waals surface area contributed by atoms with Gasteiger partial charge >= 0.3 is 5.97 Å². The minimum atomic E-state index is -0.968. The van der Waals surface area contributed by atoms with E-state index in [2.05, 4.69) is 15.5 Å². The van der Waals surface area contributed by atoms with E-state index >= 15 is 0 Å². The molecule has 21 heavy (non-hydrogen) atoms.